The maximum Gasteiger partial charge on any atom is 0.0645 e. The van der Waals surface area contributed by atoms with Gasteiger partial charge in [0.1, 0.15) is 0 Å². The number of aromatic nitrogens is 2. The van der Waals surface area contributed by atoms with E-state index in [0.29, 0.717) is 12.6 Å². The van der Waals surface area contributed by atoms with Crippen LogP contribution in [0.2, 0.25) is 0 Å². The Kier molecular flexibility index (Phi) is 4.37. The van der Waals surface area contributed by atoms with Gasteiger partial charge < -0.3 is 0 Å². The van der Waals surface area contributed by atoms with Crippen LogP contribution in [0.25, 0.3) is 5.69 Å². The van der Waals surface area contributed by atoms with E-state index in [2.05, 4.69) is 64.4 Å². The van der Waals surface area contributed by atoms with Crippen molar-refractivity contribution in [3.8, 4) is 18.0 Å². The van der Waals surface area contributed by atoms with Gasteiger partial charge >= 0.3 is 0 Å². The van der Waals surface area contributed by atoms with Crippen molar-refractivity contribution in [1.29, 1.82) is 0 Å². The summed E-state index contributed by atoms with van der Waals surface area (Å²) in [6.07, 6.45) is 11.7. The quantitative estimate of drug-likeness (QED) is 0.661. The van der Waals surface area contributed by atoms with Gasteiger partial charge in [-0.25, -0.2) is 4.68 Å². The van der Waals surface area contributed by atoms with E-state index in [1.807, 2.05) is 16.9 Å². The van der Waals surface area contributed by atoms with Crippen LogP contribution < -0.4 is 0 Å². The van der Waals surface area contributed by atoms with Gasteiger partial charge in [-0.05, 0) is 47.7 Å². The molecule has 3 heteroatoms. The highest BCUT2D eigenvalue weighted by Crippen LogP contribution is 2.36. The Morgan fingerprint density at radius 1 is 1.12 bits per heavy atom. The van der Waals surface area contributed by atoms with Crippen LogP contribution in [0, 0.1) is 12.3 Å². The average Bonchev–Trinajstić information content (AvgIpc) is 3.32. The van der Waals surface area contributed by atoms with E-state index < -0.39 is 0 Å². The standard InChI is InChI=1S/C22H21N3/c1-2-15-24(22-13-10-19-6-3-4-7-21(19)22)17-18-8-11-20(12-9-18)25-16-5-14-23-25/h1,3-9,11-12,14,16,22H,10,13,15,17H2. The zero-order valence-electron chi connectivity index (χ0n) is 14.2. The summed E-state index contributed by atoms with van der Waals surface area (Å²) in [7, 11) is 0. The lowest BCUT2D eigenvalue weighted by Crippen LogP contribution is -2.27. The molecule has 0 saturated heterocycles. The molecule has 3 nitrogen and oxygen atoms in total. The van der Waals surface area contributed by atoms with Gasteiger partial charge in [0.15, 0.2) is 0 Å². The first-order valence-corrected chi connectivity index (χ1v) is 8.69. The van der Waals surface area contributed by atoms with Crippen LogP contribution in [-0.4, -0.2) is 21.2 Å². The van der Waals surface area contributed by atoms with Gasteiger partial charge in [-0.3, -0.25) is 4.90 Å². The Balaban J connectivity index is 1.54. The molecule has 1 aliphatic rings. The summed E-state index contributed by atoms with van der Waals surface area (Å²) in [5, 5.41) is 4.27. The predicted molar refractivity (Wildman–Crippen MR) is 100 cm³/mol. The van der Waals surface area contributed by atoms with Crippen molar-refractivity contribution in [2.75, 3.05) is 6.54 Å². The average molecular weight is 327 g/mol. The van der Waals surface area contributed by atoms with Crippen molar-refractivity contribution in [1.82, 2.24) is 14.7 Å². The molecule has 0 aliphatic heterocycles. The van der Waals surface area contributed by atoms with Gasteiger partial charge in [0.2, 0.25) is 0 Å². The number of hydrogen-bond donors (Lipinski definition) is 0. The molecule has 0 N–H and O–H groups in total. The van der Waals surface area contributed by atoms with Crippen molar-refractivity contribution < 1.29 is 0 Å². The third kappa shape index (κ3) is 3.22. The molecular formula is C22H21N3. The van der Waals surface area contributed by atoms with E-state index in [0.717, 1.165) is 25.1 Å². The van der Waals surface area contributed by atoms with Crippen LogP contribution in [-0.2, 0) is 13.0 Å². The van der Waals surface area contributed by atoms with Crippen LogP contribution in [0.4, 0.5) is 0 Å². The molecule has 0 radical (unpaired) electrons. The fourth-order valence-electron chi connectivity index (χ4n) is 3.72. The molecule has 1 unspecified atom stereocenters. The Morgan fingerprint density at radius 3 is 2.72 bits per heavy atom. The molecule has 0 fully saturated rings. The maximum absolute atomic E-state index is 5.66. The topological polar surface area (TPSA) is 21.1 Å². The van der Waals surface area contributed by atoms with Gasteiger partial charge in [0, 0.05) is 25.0 Å². The first-order valence-electron chi connectivity index (χ1n) is 8.69. The normalized spacial score (nSPS) is 15.9. The third-order valence-corrected chi connectivity index (χ3v) is 4.93. The Hall–Kier alpha value is -2.83. The summed E-state index contributed by atoms with van der Waals surface area (Å²) in [4.78, 5) is 2.41. The Labute approximate surface area is 148 Å². The van der Waals surface area contributed by atoms with E-state index in [9.17, 15) is 0 Å². The van der Waals surface area contributed by atoms with Gasteiger partial charge in [0.05, 0.1) is 12.2 Å². The van der Waals surface area contributed by atoms with E-state index in [-0.39, 0.29) is 0 Å². The molecule has 1 aromatic heterocycles. The maximum atomic E-state index is 5.66. The number of nitrogens with zero attached hydrogens (tertiary/aromatic N) is 3. The highest BCUT2D eigenvalue weighted by Gasteiger charge is 2.27. The van der Waals surface area contributed by atoms with Crippen LogP contribution in [0.3, 0.4) is 0 Å². The second kappa shape index (κ2) is 6.96. The molecule has 0 spiro atoms. The molecule has 1 aliphatic carbocycles. The third-order valence-electron chi connectivity index (χ3n) is 4.93. The fraction of sp³-hybridized carbons (Fsp3) is 0.227. The van der Waals surface area contributed by atoms with Crippen molar-refractivity contribution in [2.24, 2.45) is 0 Å². The largest absolute Gasteiger partial charge is 0.281 e. The minimum absolute atomic E-state index is 0.415. The molecule has 1 atom stereocenters. The highest BCUT2D eigenvalue weighted by molar-refractivity contribution is 5.36. The molecule has 25 heavy (non-hydrogen) atoms. The lowest BCUT2D eigenvalue weighted by Gasteiger charge is -2.28. The van der Waals surface area contributed by atoms with E-state index >= 15 is 0 Å². The van der Waals surface area contributed by atoms with Crippen LogP contribution >= 0.6 is 0 Å². The number of hydrogen-bond acceptors (Lipinski definition) is 2. The zero-order valence-corrected chi connectivity index (χ0v) is 14.2. The smallest absolute Gasteiger partial charge is 0.0645 e. The van der Waals surface area contributed by atoms with Crippen LogP contribution in [0.1, 0.15) is 29.2 Å². The zero-order chi connectivity index (χ0) is 17.1. The molecule has 4 rings (SSSR count). The minimum atomic E-state index is 0.415. The monoisotopic (exact) mass is 327 g/mol. The molecule has 0 saturated carbocycles. The number of terminal acetylenes is 1. The highest BCUT2D eigenvalue weighted by atomic mass is 15.3. The van der Waals surface area contributed by atoms with Gasteiger partial charge in [-0.2, -0.15) is 5.10 Å². The Bertz CT molecular complexity index is 872. The van der Waals surface area contributed by atoms with Crippen LogP contribution in [0.15, 0.2) is 67.0 Å². The number of rotatable bonds is 5. The van der Waals surface area contributed by atoms with Crippen molar-refractivity contribution in [3.63, 3.8) is 0 Å². The second-order valence-electron chi connectivity index (χ2n) is 6.48. The molecule has 124 valence electrons. The van der Waals surface area contributed by atoms with Crippen molar-refractivity contribution >= 4 is 0 Å². The van der Waals surface area contributed by atoms with Gasteiger partial charge in [-0.1, -0.05) is 42.3 Å². The first-order chi connectivity index (χ1) is 12.3. The Morgan fingerprint density at radius 2 is 1.96 bits per heavy atom. The lowest BCUT2D eigenvalue weighted by molar-refractivity contribution is 0.213. The van der Waals surface area contributed by atoms with Crippen molar-refractivity contribution in [2.45, 2.75) is 25.4 Å². The first kappa shape index (κ1) is 15.7. The molecule has 0 bridgehead atoms. The molecule has 1 heterocycles. The fourth-order valence-corrected chi connectivity index (χ4v) is 3.72. The van der Waals surface area contributed by atoms with Gasteiger partial charge in [0.25, 0.3) is 0 Å². The summed E-state index contributed by atoms with van der Waals surface area (Å²) in [5.41, 5.74) is 5.24. The molecule has 3 aromatic rings. The van der Waals surface area contributed by atoms with Gasteiger partial charge in [-0.15, -0.1) is 6.42 Å². The van der Waals surface area contributed by atoms with Crippen molar-refractivity contribution in [3.05, 3.63) is 83.7 Å². The van der Waals surface area contributed by atoms with E-state index in [1.165, 1.54) is 16.7 Å². The summed E-state index contributed by atoms with van der Waals surface area (Å²) >= 11 is 0. The predicted octanol–water partition coefficient (Wildman–Crippen LogP) is 4.00. The minimum Gasteiger partial charge on any atom is -0.281 e. The summed E-state index contributed by atoms with van der Waals surface area (Å²) in [5.74, 6) is 2.84. The summed E-state index contributed by atoms with van der Waals surface area (Å²) < 4.78 is 1.87. The molecule has 2 aromatic carbocycles. The van der Waals surface area contributed by atoms with E-state index in [4.69, 9.17) is 6.42 Å². The van der Waals surface area contributed by atoms with Crippen LogP contribution in [0.5, 0.6) is 0 Å². The molecular weight excluding hydrogens is 306 g/mol. The SMILES string of the molecule is C#CCN(Cc1ccc(-n2cccn2)cc1)C1CCc2ccccc21. The second-order valence-corrected chi connectivity index (χ2v) is 6.48. The van der Waals surface area contributed by atoms with E-state index in [1.54, 1.807) is 6.20 Å². The number of fused-ring (bicyclic) bond motifs is 1. The summed E-state index contributed by atoms with van der Waals surface area (Å²) in [6, 6.07) is 19.6. The number of aryl methyl sites for hydroxylation is 1. The lowest BCUT2D eigenvalue weighted by atomic mass is 10.1. The molecule has 0 amide bonds. The number of benzene rings is 2. The summed E-state index contributed by atoms with van der Waals surface area (Å²) in [6.45, 7) is 1.53.